The number of hydrogen-bond acceptors (Lipinski definition) is 1. The van der Waals surface area contributed by atoms with Gasteiger partial charge in [0.15, 0.2) is 6.54 Å². The SMILES string of the molecule is C[C@H]([NH2+]CC(=O)NCc1ccc(Cl)cc1)c1cccc(Cl)c1. The molecule has 0 spiro atoms. The number of carbonyl (C=O) groups is 1. The summed E-state index contributed by atoms with van der Waals surface area (Å²) in [5.74, 6) is 0.00354. The van der Waals surface area contributed by atoms with E-state index in [9.17, 15) is 4.79 Å². The lowest BCUT2D eigenvalue weighted by Gasteiger charge is -2.11. The van der Waals surface area contributed by atoms with E-state index < -0.39 is 0 Å². The average Bonchev–Trinajstić information content (AvgIpc) is 2.52. The minimum Gasteiger partial charge on any atom is -0.347 e. The molecule has 0 saturated heterocycles. The highest BCUT2D eigenvalue weighted by Gasteiger charge is 2.11. The predicted octanol–water partition coefficient (Wildman–Crippen LogP) is 2.93. The zero-order chi connectivity index (χ0) is 15.9. The Morgan fingerprint density at radius 2 is 1.86 bits per heavy atom. The summed E-state index contributed by atoms with van der Waals surface area (Å²) in [5.41, 5.74) is 2.14. The van der Waals surface area contributed by atoms with Crippen molar-refractivity contribution in [2.24, 2.45) is 0 Å². The smallest absolute Gasteiger partial charge is 0.275 e. The Morgan fingerprint density at radius 3 is 2.55 bits per heavy atom. The summed E-state index contributed by atoms with van der Waals surface area (Å²) in [6, 6.07) is 15.3. The molecular weight excluding hydrogens is 319 g/mol. The van der Waals surface area contributed by atoms with E-state index in [1.165, 1.54) is 0 Å². The topological polar surface area (TPSA) is 45.7 Å². The van der Waals surface area contributed by atoms with Gasteiger partial charge in [0, 0.05) is 22.2 Å². The Balaban J connectivity index is 1.76. The van der Waals surface area contributed by atoms with Crippen LogP contribution in [0.1, 0.15) is 24.1 Å². The summed E-state index contributed by atoms with van der Waals surface area (Å²) < 4.78 is 0. The molecule has 0 unspecified atom stereocenters. The molecule has 0 aliphatic heterocycles. The fraction of sp³-hybridized carbons (Fsp3) is 0.235. The first kappa shape index (κ1) is 16.8. The van der Waals surface area contributed by atoms with Gasteiger partial charge in [-0.3, -0.25) is 4.79 Å². The molecule has 3 N–H and O–H groups in total. The van der Waals surface area contributed by atoms with E-state index in [-0.39, 0.29) is 11.9 Å². The first-order chi connectivity index (χ1) is 10.5. The zero-order valence-electron chi connectivity index (χ0n) is 12.4. The van der Waals surface area contributed by atoms with E-state index in [4.69, 9.17) is 23.2 Å². The van der Waals surface area contributed by atoms with Crippen LogP contribution >= 0.6 is 23.2 Å². The van der Waals surface area contributed by atoms with Crippen molar-refractivity contribution in [3.05, 3.63) is 69.7 Å². The third kappa shape index (κ3) is 5.34. The van der Waals surface area contributed by atoms with Crippen LogP contribution in [0, 0.1) is 0 Å². The number of nitrogens with one attached hydrogen (secondary N) is 1. The minimum absolute atomic E-state index is 0.00354. The third-order valence-electron chi connectivity index (χ3n) is 3.43. The van der Waals surface area contributed by atoms with E-state index in [1.54, 1.807) is 0 Å². The maximum atomic E-state index is 11.9. The van der Waals surface area contributed by atoms with Gasteiger partial charge in [-0.1, -0.05) is 47.5 Å². The number of nitrogens with two attached hydrogens (primary N) is 1. The summed E-state index contributed by atoms with van der Waals surface area (Å²) in [6.45, 7) is 2.94. The molecule has 116 valence electrons. The molecule has 22 heavy (non-hydrogen) atoms. The summed E-state index contributed by atoms with van der Waals surface area (Å²) in [7, 11) is 0. The number of rotatable bonds is 6. The van der Waals surface area contributed by atoms with E-state index in [0.29, 0.717) is 23.1 Å². The first-order valence-electron chi connectivity index (χ1n) is 7.14. The number of amides is 1. The van der Waals surface area contributed by atoms with Crippen molar-refractivity contribution in [2.75, 3.05) is 6.54 Å². The van der Waals surface area contributed by atoms with Gasteiger partial charge in [0.2, 0.25) is 0 Å². The molecule has 0 fully saturated rings. The Kier molecular flexibility index (Phi) is 6.25. The second-order valence-electron chi connectivity index (χ2n) is 5.19. The summed E-state index contributed by atoms with van der Waals surface area (Å²) >= 11 is 11.8. The van der Waals surface area contributed by atoms with Gasteiger partial charge in [-0.15, -0.1) is 0 Å². The molecule has 1 atom stereocenters. The van der Waals surface area contributed by atoms with Crippen LogP contribution in [-0.2, 0) is 11.3 Å². The van der Waals surface area contributed by atoms with Crippen LogP contribution in [0.4, 0.5) is 0 Å². The van der Waals surface area contributed by atoms with Crippen LogP contribution in [0.15, 0.2) is 48.5 Å². The van der Waals surface area contributed by atoms with Gasteiger partial charge in [-0.2, -0.15) is 0 Å². The fourth-order valence-corrected chi connectivity index (χ4v) is 2.41. The van der Waals surface area contributed by atoms with Crippen molar-refractivity contribution in [2.45, 2.75) is 19.5 Å². The van der Waals surface area contributed by atoms with Crippen molar-refractivity contribution in [3.63, 3.8) is 0 Å². The molecule has 3 nitrogen and oxygen atoms in total. The standard InChI is InChI=1S/C17H18Cl2N2O/c1-12(14-3-2-4-16(19)9-14)20-11-17(22)21-10-13-5-7-15(18)8-6-13/h2-9,12,20H,10-11H2,1H3,(H,21,22)/p+1/t12-/m0/s1. The van der Waals surface area contributed by atoms with E-state index in [2.05, 4.69) is 12.2 Å². The number of hydrogen-bond donors (Lipinski definition) is 2. The van der Waals surface area contributed by atoms with Crippen molar-refractivity contribution in [1.82, 2.24) is 5.32 Å². The maximum Gasteiger partial charge on any atom is 0.275 e. The normalized spacial score (nSPS) is 12.0. The summed E-state index contributed by atoms with van der Waals surface area (Å²) in [6.07, 6.45) is 0. The predicted molar refractivity (Wildman–Crippen MR) is 90.0 cm³/mol. The number of carbonyl (C=O) groups excluding carboxylic acids is 1. The van der Waals surface area contributed by atoms with Crippen LogP contribution in [0.2, 0.25) is 10.0 Å². The summed E-state index contributed by atoms with van der Waals surface area (Å²) in [5, 5.41) is 6.29. The Hall–Kier alpha value is -1.55. The third-order valence-corrected chi connectivity index (χ3v) is 3.92. The highest BCUT2D eigenvalue weighted by Crippen LogP contribution is 2.14. The second-order valence-corrected chi connectivity index (χ2v) is 6.06. The molecular formula is C17H19Cl2N2O+. The number of benzene rings is 2. The van der Waals surface area contributed by atoms with E-state index in [1.807, 2.05) is 53.8 Å². The van der Waals surface area contributed by atoms with Gasteiger partial charge in [0.1, 0.15) is 6.04 Å². The largest absolute Gasteiger partial charge is 0.347 e. The Morgan fingerprint density at radius 1 is 1.14 bits per heavy atom. The van der Waals surface area contributed by atoms with Gasteiger partial charge in [-0.05, 0) is 36.8 Å². The van der Waals surface area contributed by atoms with Crippen LogP contribution in [0.5, 0.6) is 0 Å². The van der Waals surface area contributed by atoms with Gasteiger partial charge in [-0.25, -0.2) is 0 Å². The Bertz CT molecular complexity index is 629. The molecule has 5 heteroatoms. The van der Waals surface area contributed by atoms with Crippen molar-refractivity contribution in [1.29, 1.82) is 0 Å². The van der Waals surface area contributed by atoms with Gasteiger partial charge in [0.05, 0.1) is 0 Å². The van der Waals surface area contributed by atoms with E-state index in [0.717, 1.165) is 11.1 Å². The molecule has 2 aromatic carbocycles. The van der Waals surface area contributed by atoms with Gasteiger partial charge >= 0.3 is 0 Å². The lowest BCUT2D eigenvalue weighted by Crippen LogP contribution is -2.87. The van der Waals surface area contributed by atoms with Crippen molar-refractivity contribution in [3.8, 4) is 0 Å². The number of halogens is 2. The molecule has 2 aromatic rings. The highest BCUT2D eigenvalue weighted by atomic mass is 35.5. The Labute approximate surface area is 140 Å². The lowest BCUT2D eigenvalue weighted by molar-refractivity contribution is -0.682. The highest BCUT2D eigenvalue weighted by molar-refractivity contribution is 6.30. The van der Waals surface area contributed by atoms with Gasteiger partial charge in [0.25, 0.3) is 5.91 Å². The first-order valence-corrected chi connectivity index (χ1v) is 7.90. The van der Waals surface area contributed by atoms with Crippen LogP contribution in [-0.4, -0.2) is 12.5 Å². The second kappa shape index (κ2) is 8.18. The van der Waals surface area contributed by atoms with Gasteiger partial charge < -0.3 is 10.6 Å². The van der Waals surface area contributed by atoms with E-state index >= 15 is 0 Å². The molecule has 0 bridgehead atoms. The molecule has 2 rings (SSSR count). The average molecular weight is 338 g/mol. The summed E-state index contributed by atoms with van der Waals surface area (Å²) in [4.78, 5) is 11.9. The fourth-order valence-electron chi connectivity index (χ4n) is 2.08. The van der Waals surface area contributed by atoms with Crippen LogP contribution in [0.3, 0.4) is 0 Å². The van der Waals surface area contributed by atoms with Crippen LogP contribution < -0.4 is 10.6 Å². The molecule has 0 radical (unpaired) electrons. The van der Waals surface area contributed by atoms with Crippen LogP contribution in [0.25, 0.3) is 0 Å². The monoisotopic (exact) mass is 337 g/mol. The minimum atomic E-state index is 0.00354. The lowest BCUT2D eigenvalue weighted by atomic mass is 10.1. The zero-order valence-corrected chi connectivity index (χ0v) is 13.9. The molecule has 1 amide bonds. The van der Waals surface area contributed by atoms with Crippen molar-refractivity contribution < 1.29 is 10.1 Å². The number of quaternary nitrogens is 1. The molecule has 0 aliphatic rings. The quantitative estimate of drug-likeness (QED) is 0.836. The molecule has 0 aliphatic carbocycles. The van der Waals surface area contributed by atoms with Crippen molar-refractivity contribution >= 4 is 29.1 Å². The molecule has 0 aromatic heterocycles. The maximum absolute atomic E-state index is 11.9. The molecule has 0 saturated carbocycles. The molecule has 0 heterocycles.